The summed E-state index contributed by atoms with van der Waals surface area (Å²) in [6, 6.07) is 39.3. The summed E-state index contributed by atoms with van der Waals surface area (Å²) in [7, 11) is 0. The number of amides is 2. The normalized spacial score (nSPS) is 13.1. The summed E-state index contributed by atoms with van der Waals surface area (Å²) >= 11 is 0. The van der Waals surface area contributed by atoms with Gasteiger partial charge in [-0.3, -0.25) is 9.59 Å². The number of nitrogens with zero attached hydrogens (tertiary/aromatic N) is 2. The zero-order valence-corrected chi connectivity index (χ0v) is 25.0. The Morgan fingerprint density at radius 3 is 2.00 bits per heavy atom. The van der Waals surface area contributed by atoms with Crippen LogP contribution in [0.5, 0.6) is 0 Å². The molecule has 0 bridgehead atoms. The lowest BCUT2D eigenvalue weighted by Crippen LogP contribution is -2.30. The van der Waals surface area contributed by atoms with Crippen LogP contribution >= 0.6 is 0 Å². The molecule has 228 valence electrons. The molecule has 7 heteroatoms. The number of rotatable bonds is 4. The molecule has 4 nitrogen and oxygen atoms in total. The Bertz CT molecular complexity index is 2410. The van der Waals surface area contributed by atoms with Crippen LogP contribution < -0.4 is 4.90 Å². The van der Waals surface area contributed by atoms with Crippen molar-refractivity contribution in [2.75, 3.05) is 4.90 Å². The SMILES string of the molecule is Cc1cc(-c2cccc3c4ccccc4n(-c4cccc5c4C(=O)N(c4ccccc4-c4ccccc4)C5=O)c23)cc(C(F)(F)F)c1. The molecule has 2 amide bonds. The summed E-state index contributed by atoms with van der Waals surface area (Å²) in [5.74, 6) is -0.910. The van der Waals surface area contributed by atoms with E-state index >= 15 is 0 Å². The summed E-state index contributed by atoms with van der Waals surface area (Å²) < 4.78 is 43.8. The van der Waals surface area contributed by atoms with Crippen LogP contribution in [0.1, 0.15) is 31.8 Å². The zero-order valence-electron chi connectivity index (χ0n) is 25.0. The summed E-state index contributed by atoms with van der Waals surface area (Å²) in [6.07, 6.45) is -4.52. The van der Waals surface area contributed by atoms with Crippen molar-refractivity contribution in [1.82, 2.24) is 4.57 Å². The van der Waals surface area contributed by atoms with Crippen molar-refractivity contribution >= 4 is 39.3 Å². The fourth-order valence-electron chi connectivity index (χ4n) is 6.81. The number of carbonyl (C=O) groups excluding carboxylic acids is 2. The van der Waals surface area contributed by atoms with Gasteiger partial charge in [0.25, 0.3) is 11.8 Å². The van der Waals surface area contributed by atoms with Crippen molar-refractivity contribution in [1.29, 1.82) is 0 Å². The predicted octanol–water partition coefficient (Wildman–Crippen LogP) is 10.2. The lowest BCUT2D eigenvalue weighted by atomic mass is 9.97. The average molecular weight is 623 g/mol. The molecule has 0 atom stereocenters. The van der Waals surface area contributed by atoms with Gasteiger partial charge in [0.2, 0.25) is 0 Å². The molecule has 0 unspecified atom stereocenters. The van der Waals surface area contributed by atoms with Crippen LogP contribution in [0.15, 0.2) is 133 Å². The van der Waals surface area contributed by atoms with Gasteiger partial charge in [0, 0.05) is 21.9 Å². The second kappa shape index (κ2) is 10.6. The molecule has 0 saturated carbocycles. The van der Waals surface area contributed by atoms with E-state index in [1.807, 2.05) is 83.4 Å². The smallest absolute Gasteiger partial charge is 0.308 e. The van der Waals surface area contributed by atoms with Gasteiger partial charge in [-0.25, -0.2) is 4.90 Å². The number of benzene rings is 6. The third-order valence-corrected chi connectivity index (χ3v) is 8.77. The van der Waals surface area contributed by atoms with Gasteiger partial charge >= 0.3 is 6.18 Å². The number of hydrogen-bond donors (Lipinski definition) is 0. The molecule has 0 N–H and O–H groups in total. The molecule has 2 heterocycles. The molecule has 47 heavy (non-hydrogen) atoms. The topological polar surface area (TPSA) is 42.3 Å². The number of aromatic nitrogens is 1. The fourth-order valence-corrected chi connectivity index (χ4v) is 6.81. The zero-order chi connectivity index (χ0) is 32.4. The first-order valence-corrected chi connectivity index (χ1v) is 15.1. The minimum Gasteiger partial charge on any atom is -0.308 e. The maximum absolute atomic E-state index is 14.5. The van der Waals surface area contributed by atoms with E-state index in [0.29, 0.717) is 33.6 Å². The maximum atomic E-state index is 14.5. The molecule has 0 fully saturated rings. The van der Waals surface area contributed by atoms with E-state index in [9.17, 15) is 22.8 Å². The molecule has 1 aliphatic heterocycles. The van der Waals surface area contributed by atoms with Crippen molar-refractivity contribution in [2.24, 2.45) is 0 Å². The van der Waals surface area contributed by atoms with Gasteiger partial charge < -0.3 is 4.57 Å². The highest BCUT2D eigenvalue weighted by atomic mass is 19.4. The molecular formula is C40H25F3N2O2. The van der Waals surface area contributed by atoms with Crippen LogP contribution in [-0.2, 0) is 6.18 Å². The lowest BCUT2D eigenvalue weighted by molar-refractivity contribution is -0.137. The summed E-state index contributed by atoms with van der Waals surface area (Å²) in [5, 5.41) is 1.68. The highest BCUT2D eigenvalue weighted by Crippen LogP contribution is 2.43. The van der Waals surface area contributed by atoms with Crippen LogP contribution in [0.3, 0.4) is 0 Å². The highest BCUT2D eigenvalue weighted by molar-refractivity contribution is 6.36. The van der Waals surface area contributed by atoms with Gasteiger partial charge in [0.15, 0.2) is 0 Å². The second-order valence-electron chi connectivity index (χ2n) is 11.7. The fraction of sp³-hybridized carbons (Fsp3) is 0.0500. The first kappa shape index (κ1) is 28.5. The number of imide groups is 1. The Balaban J connectivity index is 1.39. The molecule has 8 rings (SSSR count). The molecule has 0 radical (unpaired) electrons. The van der Waals surface area contributed by atoms with Crippen LogP contribution in [0.2, 0.25) is 0 Å². The van der Waals surface area contributed by atoms with Gasteiger partial charge in [-0.1, -0.05) is 97.1 Å². The van der Waals surface area contributed by atoms with E-state index in [4.69, 9.17) is 0 Å². The lowest BCUT2D eigenvalue weighted by Gasteiger charge is -2.19. The van der Waals surface area contributed by atoms with E-state index in [1.165, 1.54) is 4.90 Å². The first-order chi connectivity index (χ1) is 22.7. The van der Waals surface area contributed by atoms with E-state index in [-0.39, 0.29) is 11.1 Å². The van der Waals surface area contributed by atoms with Crippen molar-refractivity contribution in [3.05, 3.63) is 156 Å². The molecule has 7 aromatic rings. The Morgan fingerprint density at radius 1 is 0.553 bits per heavy atom. The molecule has 0 aliphatic carbocycles. The van der Waals surface area contributed by atoms with Gasteiger partial charge in [0.1, 0.15) is 0 Å². The largest absolute Gasteiger partial charge is 0.416 e. The number of anilines is 1. The van der Waals surface area contributed by atoms with Crippen molar-refractivity contribution in [2.45, 2.75) is 13.1 Å². The van der Waals surface area contributed by atoms with E-state index in [1.54, 1.807) is 49.4 Å². The monoisotopic (exact) mass is 622 g/mol. The number of aryl methyl sites for hydroxylation is 1. The Labute approximate surface area is 267 Å². The van der Waals surface area contributed by atoms with Crippen LogP contribution in [0.25, 0.3) is 49.7 Å². The maximum Gasteiger partial charge on any atom is 0.416 e. The van der Waals surface area contributed by atoms with E-state index < -0.39 is 23.6 Å². The number of para-hydroxylation sites is 3. The molecule has 0 spiro atoms. The first-order valence-electron chi connectivity index (χ1n) is 15.1. The van der Waals surface area contributed by atoms with Crippen molar-refractivity contribution in [3.8, 4) is 27.9 Å². The summed E-state index contributed by atoms with van der Waals surface area (Å²) in [4.78, 5) is 29.8. The standard InChI is InChI=1S/C40H25F3N2O2/c1-24-21-26(23-27(22-24)40(41,42)43)29-15-9-16-31-30-14-6-8-19-34(30)44(37(29)31)35-20-10-17-32-36(35)39(47)45(38(32)46)33-18-7-5-13-28(33)25-11-3-2-4-12-25/h2-23H,1H3. The number of carbonyl (C=O) groups is 2. The van der Waals surface area contributed by atoms with E-state index in [0.717, 1.165) is 39.5 Å². The minimum atomic E-state index is -4.52. The van der Waals surface area contributed by atoms with Crippen LogP contribution in [0, 0.1) is 6.92 Å². The second-order valence-corrected chi connectivity index (χ2v) is 11.7. The molecule has 1 aromatic heterocycles. The Kier molecular flexibility index (Phi) is 6.41. The number of halogens is 3. The van der Waals surface area contributed by atoms with Gasteiger partial charge in [0.05, 0.1) is 39.1 Å². The van der Waals surface area contributed by atoms with Gasteiger partial charge in [-0.05, 0) is 60.0 Å². The molecule has 6 aromatic carbocycles. The quantitative estimate of drug-likeness (QED) is 0.183. The van der Waals surface area contributed by atoms with Crippen LogP contribution in [0.4, 0.5) is 18.9 Å². The number of hydrogen-bond acceptors (Lipinski definition) is 2. The van der Waals surface area contributed by atoms with Crippen molar-refractivity contribution < 1.29 is 22.8 Å². The van der Waals surface area contributed by atoms with Gasteiger partial charge in [-0.2, -0.15) is 13.2 Å². The predicted molar refractivity (Wildman–Crippen MR) is 179 cm³/mol. The van der Waals surface area contributed by atoms with Crippen molar-refractivity contribution in [3.63, 3.8) is 0 Å². The summed E-state index contributed by atoms with van der Waals surface area (Å²) in [5.41, 5.74) is 5.16. The minimum absolute atomic E-state index is 0.234. The Morgan fingerprint density at radius 2 is 1.19 bits per heavy atom. The summed E-state index contributed by atoms with van der Waals surface area (Å²) in [6.45, 7) is 1.64. The van der Waals surface area contributed by atoms with E-state index in [2.05, 4.69) is 0 Å². The molecular weight excluding hydrogens is 597 g/mol. The molecule has 0 saturated heterocycles. The van der Waals surface area contributed by atoms with Gasteiger partial charge in [-0.15, -0.1) is 0 Å². The Hall–Kier alpha value is -5.95. The number of fused-ring (bicyclic) bond motifs is 4. The molecule has 1 aliphatic rings. The average Bonchev–Trinajstić information content (AvgIpc) is 3.55. The third-order valence-electron chi connectivity index (χ3n) is 8.77. The third kappa shape index (κ3) is 4.46. The highest BCUT2D eigenvalue weighted by Gasteiger charge is 2.40. The van der Waals surface area contributed by atoms with Crippen LogP contribution in [-0.4, -0.2) is 16.4 Å². The number of alkyl halides is 3.